The fraction of sp³-hybridized carbons (Fsp3) is 0.143. The lowest BCUT2D eigenvalue weighted by atomic mass is 10.1. The average Bonchev–Trinajstić information content (AvgIpc) is 3.14. The lowest BCUT2D eigenvalue weighted by Gasteiger charge is -2.17. The number of amides is 3. The number of rotatable bonds is 5. The number of benzene rings is 2. The van der Waals surface area contributed by atoms with E-state index in [0.29, 0.717) is 21.1 Å². The van der Waals surface area contributed by atoms with Crippen LogP contribution in [0.3, 0.4) is 0 Å². The van der Waals surface area contributed by atoms with Gasteiger partial charge in [0.2, 0.25) is 6.10 Å². The molecule has 0 radical (unpaired) electrons. The van der Waals surface area contributed by atoms with Crippen molar-refractivity contribution in [3.8, 4) is 10.6 Å². The molecule has 8 heteroatoms. The van der Waals surface area contributed by atoms with E-state index in [-0.39, 0.29) is 0 Å². The summed E-state index contributed by atoms with van der Waals surface area (Å²) < 4.78 is 5.50. The zero-order valence-electron chi connectivity index (χ0n) is 15.8. The largest absolute Gasteiger partial charge is 0.443 e. The number of carbonyl (C=O) groups is 3. The summed E-state index contributed by atoms with van der Waals surface area (Å²) in [6, 6.07) is 17.3. The highest BCUT2D eigenvalue weighted by Gasteiger charge is 2.28. The molecule has 0 aliphatic carbocycles. The fourth-order valence-corrected chi connectivity index (χ4v) is 3.55. The van der Waals surface area contributed by atoms with Crippen LogP contribution in [0.15, 0.2) is 60.7 Å². The van der Waals surface area contributed by atoms with Gasteiger partial charge in [0.1, 0.15) is 9.88 Å². The van der Waals surface area contributed by atoms with Crippen LogP contribution in [0.25, 0.3) is 10.6 Å². The Bertz CT molecular complexity index is 1020. The predicted octanol–water partition coefficient (Wildman–Crippen LogP) is 3.47. The van der Waals surface area contributed by atoms with Gasteiger partial charge in [0.05, 0.1) is 5.69 Å². The Labute approximate surface area is 171 Å². The number of urea groups is 1. The second kappa shape index (κ2) is 9.11. The van der Waals surface area contributed by atoms with Gasteiger partial charge >= 0.3 is 12.0 Å². The molecule has 0 aliphatic rings. The zero-order chi connectivity index (χ0) is 20.8. The summed E-state index contributed by atoms with van der Waals surface area (Å²) in [7, 11) is 1.39. The monoisotopic (exact) mass is 409 g/mol. The summed E-state index contributed by atoms with van der Waals surface area (Å²) in [5, 5.41) is 5.13. The first-order valence-corrected chi connectivity index (χ1v) is 9.62. The maximum absolute atomic E-state index is 12.8. The van der Waals surface area contributed by atoms with Crippen LogP contribution in [0.2, 0.25) is 0 Å². The third kappa shape index (κ3) is 4.85. The highest BCUT2D eigenvalue weighted by atomic mass is 32.1. The summed E-state index contributed by atoms with van der Waals surface area (Å²) in [4.78, 5) is 41.6. The molecule has 3 amide bonds. The molecule has 2 N–H and O–H groups in total. The number of carbonyl (C=O) groups excluding carboxylic acids is 3. The van der Waals surface area contributed by atoms with Crippen molar-refractivity contribution in [1.82, 2.24) is 15.6 Å². The van der Waals surface area contributed by atoms with Crippen LogP contribution in [0.5, 0.6) is 0 Å². The molecule has 1 heterocycles. The van der Waals surface area contributed by atoms with Crippen LogP contribution in [0.1, 0.15) is 27.0 Å². The van der Waals surface area contributed by atoms with Crippen LogP contribution in [0.4, 0.5) is 4.79 Å². The van der Waals surface area contributed by atoms with Gasteiger partial charge in [-0.1, -0.05) is 60.7 Å². The third-order valence-corrected chi connectivity index (χ3v) is 5.22. The molecule has 29 heavy (non-hydrogen) atoms. The first kappa shape index (κ1) is 20.2. The van der Waals surface area contributed by atoms with E-state index in [2.05, 4.69) is 15.6 Å². The van der Waals surface area contributed by atoms with Gasteiger partial charge in [0.25, 0.3) is 5.91 Å². The number of aromatic nitrogens is 1. The van der Waals surface area contributed by atoms with Crippen molar-refractivity contribution < 1.29 is 19.1 Å². The maximum atomic E-state index is 12.8. The number of aryl methyl sites for hydroxylation is 1. The van der Waals surface area contributed by atoms with Crippen LogP contribution in [0, 0.1) is 6.92 Å². The molecule has 7 nitrogen and oxygen atoms in total. The van der Waals surface area contributed by atoms with Crippen molar-refractivity contribution in [2.75, 3.05) is 7.05 Å². The average molecular weight is 409 g/mol. The van der Waals surface area contributed by atoms with E-state index < -0.39 is 24.0 Å². The molecule has 3 rings (SSSR count). The minimum absolute atomic E-state index is 0.303. The van der Waals surface area contributed by atoms with Gasteiger partial charge in [-0.3, -0.25) is 10.1 Å². The number of ether oxygens (including phenoxy) is 1. The maximum Gasteiger partial charge on any atom is 0.351 e. The van der Waals surface area contributed by atoms with E-state index in [1.54, 1.807) is 37.3 Å². The molecule has 148 valence electrons. The number of esters is 1. The molecule has 0 fully saturated rings. The molecule has 2 aromatic carbocycles. The fourth-order valence-electron chi connectivity index (χ4n) is 2.59. The van der Waals surface area contributed by atoms with Crippen molar-refractivity contribution in [3.05, 3.63) is 76.8 Å². The number of thiazole rings is 1. The Balaban J connectivity index is 1.86. The Morgan fingerprint density at radius 1 is 1.00 bits per heavy atom. The van der Waals surface area contributed by atoms with Crippen molar-refractivity contribution in [2.24, 2.45) is 0 Å². The Hall–Kier alpha value is -3.52. The normalized spacial score (nSPS) is 11.4. The molecule has 1 aromatic heterocycles. The SMILES string of the molecule is CNC(=O)NC(=O)[C@@H](OC(=O)c1sc(-c2ccccc2)nc1C)c1ccccc1. The van der Waals surface area contributed by atoms with Crippen LogP contribution < -0.4 is 10.6 Å². The number of nitrogens with zero attached hydrogens (tertiary/aromatic N) is 1. The smallest absolute Gasteiger partial charge is 0.351 e. The summed E-state index contributed by atoms with van der Waals surface area (Å²) >= 11 is 1.19. The molecule has 3 aromatic rings. The van der Waals surface area contributed by atoms with Gasteiger partial charge in [-0.25, -0.2) is 14.6 Å². The van der Waals surface area contributed by atoms with Gasteiger partial charge in [0.15, 0.2) is 0 Å². The zero-order valence-corrected chi connectivity index (χ0v) is 16.7. The van der Waals surface area contributed by atoms with Crippen LogP contribution >= 0.6 is 11.3 Å². The van der Waals surface area contributed by atoms with Crippen LogP contribution in [-0.2, 0) is 9.53 Å². The van der Waals surface area contributed by atoms with E-state index in [4.69, 9.17) is 4.74 Å². The first-order chi connectivity index (χ1) is 14.0. The van der Waals surface area contributed by atoms with Gasteiger partial charge in [-0.15, -0.1) is 11.3 Å². The number of imide groups is 1. The van der Waals surface area contributed by atoms with Crippen molar-refractivity contribution in [2.45, 2.75) is 13.0 Å². The third-order valence-electron chi connectivity index (χ3n) is 4.03. The van der Waals surface area contributed by atoms with Gasteiger partial charge in [-0.05, 0) is 6.92 Å². The first-order valence-electron chi connectivity index (χ1n) is 8.81. The van der Waals surface area contributed by atoms with E-state index in [0.717, 1.165) is 5.56 Å². The minimum Gasteiger partial charge on any atom is -0.443 e. The lowest BCUT2D eigenvalue weighted by Crippen LogP contribution is -2.41. The molecule has 0 spiro atoms. The summed E-state index contributed by atoms with van der Waals surface area (Å²) in [6.45, 7) is 1.71. The number of hydrogen-bond donors (Lipinski definition) is 2. The summed E-state index contributed by atoms with van der Waals surface area (Å²) in [6.07, 6.45) is -1.28. The lowest BCUT2D eigenvalue weighted by molar-refractivity contribution is -0.129. The molecule has 0 unspecified atom stereocenters. The van der Waals surface area contributed by atoms with Crippen molar-refractivity contribution >= 4 is 29.2 Å². The quantitative estimate of drug-likeness (QED) is 0.629. The second-order valence-electron chi connectivity index (χ2n) is 6.06. The highest BCUT2D eigenvalue weighted by molar-refractivity contribution is 7.17. The van der Waals surface area contributed by atoms with Gasteiger partial charge < -0.3 is 10.1 Å². The molecule has 0 bridgehead atoms. The van der Waals surface area contributed by atoms with Crippen LogP contribution in [-0.4, -0.2) is 29.9 Å². The molecule has 0 saturated heterocycles. The Morgan fingerprint density at radius 3 is 2.24 bits per heavy atom. The summed E-state index contributed by atoms with van der Waals surface area (Å²) in [5.41, 5.74) is 1.85. The van der Waals surface area contributed by atoms with E-state index in [1.807, 2.05) is 30.3 Å². The predicted molar refractivity (Wildman–Crippen MR) is 109 cm³/mol. The minimum atomic E-state index is -1.28. The van der Waals surface area contributed by atoms with E-state index in [1.165, 1.54) is 18.4 Å². The summed E-state index contributed by atoms with van der Waals surface area (Å²) in [5.74, 6) is -1.42. The molecule has 0 saturated carbocycles. The Morgan fingerprint density at radius 2 is 1.62 bits per heavy atom. The molecular formula is C21H19N3O4S. The molecular weight excluding hydrogens is 390 g/mol. The van der Waals surface area contributed by atoms with E-state index >= 15 is 0 Å². The van der Waals surface area contributed by atoms with Crippen molar-refractivity contribution in [1.29, 1.82) is 0 Å². The standard InChI is InChI=1S/C21H19N3O4S/c1-13-17(29-19(23-13)15-11-7-4-8-12-15)20(26)28-16(14-9-5-3-6-10-14)18(25)24-21(27)22-2/h3-12,16H,1-2H3,(H2,22,24,25,27)/t16-/m0/s1. The topological polar surface area (TPSA) is 97.4 Å². The number of hydrogen-bond acceptors (Lipinski definition) is 6. The van der Waals surface area contributed by atoms with Gasteiger partial charge in [0, 0.05) is 18.2 Å². The van der Waals surface area contributed by atoms with Crippen molar-refractivity contribution in [3.63, 3.8) is 0 Å². The molecule has 1 atom stereocenters. The van der Waals surface area contributed by atoms with Gasteiger partial charge in [-0.2, -0.15) is 0 Å². The highest BCUT2D eigenvalue weighted by Crippen LogP contribution is 2.29. The second-order valence-corrected chi connectivity index (χ2v) is 7.06. The Kier molecular flexibility index (Phi) is 6.36. The molecule has 0 aliphatic heterocycles. The number of nitrogens with one attached hydrogen (secondary N) is 2. The van der Waals surface area contributed by atoms with E-state index in [9.17, 15) is 14.4 Å².